The Morgan fingerprint density at radius 1 is 0.969 bits per heavy atom. The Hall–Kier alpha value is -3.30. The number of halogens is 2. The zero-order valence-electron chi connectivity index (χ0n) is 17.5. The number of anilines is 1. The number of hydrogen-bond acceptors (Lipinski definition) is 4. The van der Waals surface area contributed by atoms with Crippen LogP contribution >= 0.6 is 0 Å². The van der Waals surface area contributed by atoms with Gasteiger partial charge in [0.1, 0.15) is 5.75 Å². The van der Waals surface area contributed by atoms with Crippen molar-refractivity contribution in [2.45, 2.75) is 18.7 Å². The van der Waals surface area contributed by atoms with Crippen molar-refractivity contribution in [2.24, 2.45) is 0 Å². The van der Waals surface area contributed by atoms with E-state index in [4.69, 9.17) is 4.74 Å². The number of ether oxygens (including phenoxy) is 1. The lowest BCUT2D eigenvalue weighted by Gasteiger charge is -2.20. The van der Waals surface area contributed by atoms with Gasteiger partial charge in [-0.1, -0.05) is 38.1 Å². The lowest BCUT2D eigenvalue weighted by molar-refractivity contribution is 0.102. The first-order valence-electron chi connectivity index (χ1n) is 9.90. The van der Waals surface area contributed by atoms with Crippen LogP contribution in [0.2, 0.25) is 0 Å². The summed E-state index contributed by atoms with van der Waals surface area (Å²) >= 11 is 0. The maximum Gasteiger partial charge on any atom is 0.258 e. The molecule has 3 aromatic rings. The number of sulfonamides is 1. The first-order valence-corrected chi connectivity index (χ1v) is 11.3. The molecule has 0 bridgehead atoms. The normalized spacial score (nSPS) is 11.4. The van der Waals surface area contributed by atoms with Crippen LogP contribution in [0.4, 0.5) is 14.5 Å². The van der Waals surface area contributed by atoms with Crippen molar-refractivity contribution in [3.63, 3.8) is 0 Å². The lowest BCUT2D eigenvalue weighted by Crippen LogP contribution is -2.30. The van der Waals surface area contributed by atoms with Crippen LogP contribution in [0.15, 0.2) is 71.6 Å². The predicted octanol–water partition coefficient (Wildman–Crippen LogP) is 5.04. The van der Waals surface area contributed by atoms with Gasteiger partial charge in [0.25, 0.3) is 5.91 Å². The molecule has 0 saturated carbocycles. The fourth-order valence-corrected chi connectivity index (χ4v) is 4.54. The maximum atomic E-state index is 14.1. The molecule has 6 nitrogen and oxygen atoms in total. The van der Waals surface area contributed by atoms with E-state index in [9.17, 15) is 22.0 Å². The molecule has 0 radical (unpaired) electrons. The summed E-state index contributed by atoms with van der Waals surface area (Å²) in [6, 6.07) is 15.9. The smallest absolute Gasteiger partial charge is 0.258 e. The summed E-state index contributed by atoms with van der Waals surface area (Å²) in [6.45, 7) is 3.95. The van der Waals surface area contributed by atoms with E-state index in [1.165, 1.54) is 28.6 Å². The first-order chi connectivity index (χ1) is 15.3. The molecule has 0 heterocycles. The zero-order chi connectivity index (χ0) is 23.3. The summed E-state index contributed by atoms with van der Waals surface area (Å²) in [6.07, 6.45) is 0. The van der Waals surface area contributed by atoms with Crippen LogP contribution < -0.4 is 10.1 Å². The number of hydrogen-bond donors (Lipinski definition) is 1. The fraction of sp³-hybridized carbons (Fsp3) is 0.174. The molecule has 3 rings (SSSR count). The van der Waals surface area contributed by atoms with Crippen LogP contribution in [-0.4, -0.2) is 31.7 Å². The minimum atomic E-state index is -3.84. The quantitative estimate of drug-likeness (QED) is 0.511. The van der Waals surface area contributed by atoms with E-state index in [2.05, 4.69) is 5.32 Å². The molecular formula is C23H22F2N2O4S. The van der Waals surface area contributed by atoms with Crippen LogP contribution in [0.3, 0.4) is 0 Å². The van der Waals surface area contributed by atoms with Crippen molar-refractivity contribution in [2.75, 3.05) is 18.4 Å². The third-order valence-corrected chi connectivity index (χ3v) is 6.76. The Morgan fingerprint density at radius 3 is 2.31 bits per heavy atom. The number of nitrogens with zero attached hydrogens (tertiary/aromatic N) is 1. The van der Waals surface area contributed by atoms with Crippen LogP contribution in [-0.2, 0) is 10.0 Å². The number of nitrogens with one attached hydrogen (secondary N) is 1. The monoisotopic (exact) mass is 460 g/mol. The summed E-state index contributed by atoms with van der Waals surface area (Å²) in [5.41, 5.74) is -0.525. The molecule has 0 unspecified atom stereocenters. The van der Waals surface area contributed by atoms with Crippen LogP contribution in [0, 0.1) is 11.6 Å². The third kappa shape index (κ3) is 4.95. The van der Waals surface area contributed by atoms with Gasteiger partial charge in [-0.3, -0.25) is 4.79 Å². The number of carbonyl (C=O) groups is 1. The molecule has 168 valence electrons. The Morgan fingerprint density at radius 2 is 1.66 bits per heavy atom. The number of para-hydroxylation sites is 1. The fourth-order valence-electron chi connectivity index (χ4n) is 3.05. The Bertz CT molecular complexity index is 1210. The molecule has 1 amide bonds. The Balaban J connectivity index is 2.05. The van der Waals surface area contributed by atoms with Crippen molar-refractivity contribution in [1.29, 1.82) is 0 Å². The largest absolute Gasteiger partial charge is 0.455 e. The van der Waals surface area contributed by atoms with E-state index in [0.29, 0.717) is 5.75 Å². The minimum absolute atomic E-state index is 0.00394. The highest BCUT2D eigenvalue weighted by molar-refractivity contribution is 7.89. The molecule has 3 aromatic carbocycles. The zero-order valence-corrected chi connectivity index (χ0v) is 18.3. The van der Waals surface area contributed by atoms with Crippen molar-refractivity contribution >= 4 is 21.6 Å². The highest BCUT2D eigenvalue weighted by Gasteiger charge is 2.24. The standard InChI is InChI=1S/C23H22F2N2O4S/c1-3-27(4-2)32(29,30)17-13-14-21(31-16-9-6-5-7-10-16)20(15-17)26-23(28)18-11-8-12-19(24)22(18)25/h5-15H,3-4H2,1-2H3,(H,26,28). The van der Waals surface area contributed by atoms with Gasteiger partial charge in [-0.25, -0.2) is 17.2 Å². The van der Waals surface area contributed by atoms with E-state index in [0.717, 1.165) is 12.1 Å². The van der Waals surface area contributed by atoms with Gasteiger partial charge in [-0.05, 0) is 42.5 Å². The first kappa shape index (κ1) is 23.4. The molecule has 1 N–H and O–H groups in total. The van der Waals surface area contributed by atoms with Gasteiger partial charge in [0.2, 0.25) is 10.0 Å². The van der Waals surface area contributed by atoms with E-state index >= 15 is 0 Å². The van der Waals surface area contributed by atoms with Crippen molar-refractivity contribution in [1.82, 2.24) is 4.31 Å². The predicted molar refractivity (Wildman–Crippen MR) is 117 cm³/mol. The van der Waals surface area contributed by atoms with Crippen LogP contribution in [0.25, 0.3) is 0 Å². The second-order valence-corrected chi connectivity index (χ2v) is 8.66. The summed E-state index contributed by atoms with van der Waals surface area (Å²) in [7, 11) is -3.84. The van der Waals surface area contributed by atoms with Gasteiger partial charge >= 0.3 is 0 Å². The molecule has 32 heavy (non-hydrogen) atoms. The van der Waals surface area contributed by atoms with Gasteiger partial charge in [-0.15, -0.1) is 0 Å². The molecule has 0 spiro atoms. The molecule has 0 aliphatic rings. The second-order valence-electron chi connectivity index (χ2n) is 6.72. The average molecular weight is 461 g/mol. The summed E-state index contributed by atoms with van der Waals surface area (Å²) in [5, 5.41) is 2.45. The molecule has 0 atom stereocenters. The molecule has 9 heteroatoms. The van der Waals surface area contributed by atoms with Crippen LogP contribution in [0.5, 0.6) is 11.5 Å². The summed E-state index contributed by atoms with van der Waals surface area (Å²) < 4.78 is 60.6. The lowest BCUT2D eigenvalue weighted by atomic mass is 10.2. The Kier molecular flexibility index (Phi) is 7.22. The molecular weight excluding hydrogens is 438 g/mol. The van der Waals surface area contributed by atoms with Gasteiger partial charge in [-0.2, -0.15) is 4.31 Å². The number of benzene rings is 3. The third-order valence-electron chi connectivity index (χ3n) is 4.71. The maximum absolute atomic E-state index is 14.1. The van der Waals surface area contributed by atoms with E-state index in [1.807, 2.05) is 0 Å². The average Bonchev–Trinajstić information content (AvgIpc) is 2.78. The molecule has 0 aromatic heterocycles. The molecule has 0 fully saturated rings. The van der Waals surface area contributed by atoms with Crippen molar-refractivity contribution < 1.29 is 26.7 Å². The Labute approximate surface area is 185 Å². The van der Waals surface area contributed by atoms with E-state index < -0.39 is 33.1 Å². The number of carbonyl (C=O) groups excluding carboxylic acids is 1. The number of rotatable bonds is 8. The number of amides is 1. The van der Waals surface area contributed by atoms with Crippen LogP contribution in [0.1, 0.15) is 24.2 Å². The van der Waals surface area contributed by atoms with E-state index in [-0.39, 0.29) is 29.4 Å². The van der Waals surface area contributed by atoms with Gasteiger partial charge in [0, 0.05) is 13.1 Å². The molecule has 0 saturated heterocycles. The topological polar surface area (TPSA) is 75.7 Å². The van der Waals surface area contributed by atoms with Crippen molar-refractivity contribution in [3.05, 3.63) is 83.9 Å². The summed E-state index contributed by atoms with van der Waals surface area (Å²) in [5.74, 6) is -2.84. The van der Waals surface area contributed by atoms with Crippen molar-refractivity contribution in [3.8, 4) is 11.5 Å². The van der Waals surface area contributed by atoms with Gasteiger partial charge in [0.05, 0.1) is 16.1 Å². The highest BCUT2D eigenvalue weighted by atomic mass is 32.2. The van der Waals surface area contributed by atoms with Gasteiger partial charge in [0.15, 0.2) is 17.4 Å². The summed E-state index contributed by atoms with van der Waals surface area (Å²) in [4.78, 5) is 12.6. The van der Waals surface area contributed by atoms with E-state index in [1.54, 1.807) is 44.2 Å². The molecule has 0 aliphatic heterocycles. The van der Waals surface area contributed by atoms with Gasteiger partial charge < -0.3 is 10.1 Å². The highest BCUT2D eigenvalue weighted by Crippen LogP contribution is 2.33. The SMILES string of the molecule is CCN(CC)S(=O)(=O)c1ccc(Oc2ccccc2)c(NC(=O)c2cccc(F)c2F)c1. The minimum Gasteiger partial charge on any atom is -0.455 e. The molecule has 0 aliphatic carbocycles. The second kappa shape index (κ2) is 9.88.